The van der Waals surface area contributed by atoms with Crippen LogP contribution in [0.1, 0.15) is 38.0 Å². The van der Waals surface area contributed by atoms with Crippen LogP contribution in [0.4, 0.5) is 13.6 Å². The van der Waals surface area contributed by atoms with Crippen LogP contribution in [0.5, 0.6) is 11.5 Å². The van der Waals surface area contributed by atoms with Crippen molar-refractivity contribution in [2.24, 2.45) is 0 Å². The van der Waals surface area contributed by atoms with Crippen molar-refractivity contribution < 1.29 is 32.6 Å². The van der Waals surface area contributed by atoms with Gasteiger partial charge in [-0.2, -0.15) is 0 Å². The Morgan fingerprint density at radius 3 is 2.22 bits per heavy atom. The van der Waals surface area contributed by atoms with E-state index in [2.05, 4.69) is 5.32 Å². The Labute approximate surface area is 190 Å². The molecule has 0 saturated heterocycles. The van der Waals surface area contributed by atoms with E-state index in [1.807, 2.05) is 0 Å². The molecule has 0 fully saturated rings. The van der Waals surface area contributed by atoms with Gasteiger partial charge >= 0.3 is 12.1 Å². The van der Waals surface area contributed by atoms with E-state index in [1.165, 1.54) is 18.9 Å². The summed E-state index contributed by atoms with van der Waals surface area (Å²) in [7, 11) is 1.32. The van der Waals surface area contributed by atoms with Crippen LogP contribution in [0.2, 0.25) is 0 Å². The van der Waals surface area contributed by atoms with Crippen LogP contribution in [-0.2, 0) is 14.3 Å². The van der Waals surface area contributed by atoms with Crippen molar-refractivity contribution in [3.63, 3.8) is 0 Å². The van der Waals surface area contributed by atoms with Crippen molar-refractivity contribution in [3.05, 3.63) is 59.7 Å². The number of nitrogens with one attached hydrogen (secondary N) is 1. The molecule has 2 aromatic rings. The summed E-state index contributed by atoms with van der Waals surface area (Å²) in [6.07, 6.45) is 0.143. The van der Waals surface area contributed by atoms with Crippen LogP contribution in [0.3, 0.4) is 0 Å². The molecule has 2 aromatic carbocycles. The second-order valence-electron chi connectivity index (χ2n) is 7.83. The zero-order chi connectivity index (χ0) is 23.7. The predicted molar refractivity (Wildman–Crippen MR) is 119 cm³/mol. The molecule has 0 spiro atoms. The average Bonchev–Trinajstić information content (AvgIpc) is 2.69. The zero-order valence-electron chi connectivity index (χ0n) is 18.4. The molecule has 0 bridgehead atoms. The molecule has 174 valence electrons. The Morgan fingerprint density at radius 2 is 1.66 bits per heavy atom. The highest BCUT2D eigenvalue weighted by Gasteiger charge is 2.22. The lowest BCUT2D eigenvalue weighted by molar-refractivity contribution is -0.140. The SMILES string of the molecule is COC(=O)C(SCCCNC(=O)OC(C)(C)C)c1ccc(Oc2cc(F)cc(F)c2)cc1. The van der Waals surface area contributed by atoms with E-state index in [9.17, 15) is 18.4 Å². The number of amides is 1. The molecule has 1 N–H and O–H groups in total. The largest absolute Gasteiger partial charge is 0.468 e. The maximum Gasteiger partial charge on any atom is 0.407 e. The van der Waals surface area contributed by atoms with E-state index in [1.54, 1.807) is 45.0 Å². The van der Waals surface area contributed by atoms with Gasteiger partial charge < -0.3 is 19.5 Å². The molecule has 32 heavy (non-hydrogen) atoms. The number of esters is 1. The van der Waals surface area contributed by atoms with Gasteiger partial charge in [-0.05, 0) is 50.6 Å². The number of hydrogen-bond donors (Lipinski definition) is 1. The third-order valence-electron chi connectivity index (χ3n) is 3.94. The van der Waals surface area contributed by atoms with Crippen molar-refractivity contribution in [1.82, 2.24) is 5.32 Å². The van der Waals surface area contributed by atoms with Gasteiger partial charge in [0.15, 0.2) is 0 Å². The Hall–Kier alpha value is -2.81. The number of carbonyl (C=O) groups excluding carboxylic acids is 2. The third kappa shape index (κ3) is 8.74. The minimum absolute atomic E-state index is 0.0339. The fraction of sp³-hybridized carbons (Fsp3) is 0.391. The van der Waals surface area contributed by atoms with Crippen molar-refractivity contribution in [2.75, 3.05) is 19.4 Å². The van der Waals surface area contributed by atoms with Crippen LogP contribution >= 0.6 is 11.8 Å². The summed E-state index contributed by atoms with van der Waals surface area (Å²) in [5, 5.41) is 2.11. The highest BCUT2D eigenvalue weighted by atomic mass is 32.2. The van der Waals surface area contributed by atoms with E-state index in [-0.39, 0.29) is 5.75 Å². The lowest BCUT2D eigenvalue weighted by Gasteiger charge is -2.19. The van der Waals surface area contributed by atoms with Crippen LogP contribution < -0.4 is 10.1 Å². The van der Waals surface area contributed by atoms with E-state index in [0.29, 0.717) is 30.0 Å². The summed E-state index contributed by atoms with van der Waals surface area (Å²) in [4.78, 5) is 23.9. The molecular weight excluding hydrogens is 440 g/mol. The molecule has 9 heteroatoms. The second-order valence-corrected chi connectivity index (χ2v) is 9.05. The number of ether oxygens (including phenoxy) is 3. The van der Waals surface area contributed by atoms with Crippen molar-refractivity contribution >= 4 is 23.8 Å². The minimum atomic E-state index is -0.736. The number of hydrogen-bond acceptors (Lipinski definition) is 6. The molecule has 0 aromatic heterocycles. The molecule has 6 nitrogen and oxygen atoms in total. The first-order valence-corrected chi connectivity index (χ1v) is 11.0. The number of thioether (sulfide) groups is 1. The fourth-order valence-electron chi connectivity index (χ4n) is 2.62. The maximum atomic E-state index is 13.3. The van der Waals surface area contributed by atoms with Crippen LogP contribution in [0.25, 0.3) is 0 Å². The van der Waals surface area contributed by atoms with Gasteiger partial charge in [0.25, 0.3) is 0 Å². The lowest BCUT2D eigenvalue weighted by Crippen LogP contribution is -2.33. The third-order valence-corrected chi connectivity index (χ3v) is 5.27. The normalized spacial score (nSPS) is 12.1. The molecule has 0 saturated carbocycles. The van der Waals surface area contributed by atoms with Crippen molar-refractivity contribution in [1.29, 1.82) is 0 Å². The van der Waals surface area contributed by atoms with E-state index >= 15 is 0 Å². The van der Waals surface area contributed by atoms with Gasteiger partial charge in [-0.3, -0.25) is 4.79 Å². The van der Waals surface area contributed by atoms with Gasteiger partial charge in [0, 0.05) is 24.7 Å². The topological polar surface area (TPSA) is 73.9 Å². The molecule has 1 amide bonds. The van der Waals surface area contributed by atoms with E-state index in [4.69, 9.17) is 14.2 Å². The summed E-state index contributed by atoms with van der Waals surface area (Å²) < 4.78 is 42.2. The first-order chi connectivity index (χ1) is 15.1. The van der Waals surface area contributed by atoms with E-state index in [0.717, 1.165) is 18.2 Å². The smallest absolute Gasteiger partial charge is 0.407 e. The zero-order valence-corrected chi connectivity index (χ0v) is 19.3. The standard InChI is InChI=1S/C23H27F2NO5S/c1-23(2,3)31-22(28)26-10-5-11-32-20(21(27)29-4)15-6-8-18(9-7-15)30-19-13-16(24)12-17(25)14-19/h6-9,12-14,20H,5,10-11H2,1-4H3,(H,26,28). The Balaban J connectivity index is 1.91. The molecule has 1 atom stereocenters. The number of halogens is 2. The highest BCUT2D eigenvalue weighted by molar-refractivity contribution is 8.00. The Bertz CT molecular complexity index is 895. The lowest BCUT2D eigenvalue weighted by atomic mass is 10.1. The Kier molecular flexibility index (Phi) is 9.31. The predicted octanol–water partition coefficient (Wildman–Crippen LogP) is 5.62. The summed E-state index contributed by atoms with van der Waals surface area (Å²) in [5.74, 6) is -0.882. The van der Waals surface area contributed by atoms with Crippen molar-refractivity contribution in [2.45, 2.75) is 38.0 Å². The molecule has 2 rings (SSSR count). The first kappa shape index (κ1) is 25.5. The van der Waals surface area contributed by atoms with Gasteiger partial charge in [-0.1, -0.05) is 12.1 Å². The first-order valence-electron chi connectivity index (χ1n) is 9.97. The minimum Gasteiger partial charge on any atom is -0.468 e. The van der Waals surface area contributed by atoms with E-state index < -0.39 is 34.5 Å². The summed E-state index contributed by atoms with van der Waals surface area (Å²) in [5.41, 5.74) is 0.132. The second kappa shape index (κ2) is 11.7. The number of carbonyl (C=O) groups is 2. The van der Waals surface area contributed by atoms with Crippen LogP contribution in [-0.4, -0.2) is 37.1 Å². The van der Waals surface area contributed by atoms with Gasteiger partial charge in [-0.15, -0.1) is 11.8 Å². The monoisotopic (exact) mass is 467 g/mol. The van der Waals surface area contributed by atoms with Crippen molar-refractivity contribution in [3.8, 4) is 11.5 Å². The van der Waals surface area contributed by atoms with Gasteiger partial charge in [-0.25, -0.2) is 13.6 Å². The van der Waals surface area contributed by atoms with Gasteiger partial charge in [0.2, 0.25) is 0 Å². The van der Waals surface area contributed by atoms with Crippen LogP contribution in [0.15, 0.2) is 42.5 Å². The summed E-state index contributed by atoms with van der Waals surface area (Å²) >= 11 is 1.38. The molecule has 1 unspecified atom stereocenters. The highest BCUT2D eigenvalue weighted by Crippen LogP contribution is 2.32. The average molecular weight is 468 g/mol. The fourth-order valence-corrected chi connectivity index (χ4v) is 3.75. The molecule has 0 aliphatic heterocycles. The number of benzene rings is 2. The van der Waals surface area contributed by atoms with Gasteiger partial charge in [0.05, 0.1) is 7.11 Å². The number of methoxy groups -OCH3 is 1. The summed E-state index contributed by atoms with van der Waals surface area (Å²) in [6.45, 7) is 5.77. The molecule has 0 heterocycles. The van der Waals surface area contributed by atoms with Gasteiger partial charge in [0.1, 0.15) is 34.0 Å². The molecule has 0 radical (unpaired) electrons. The summed E-state index contributed by atoms with van der Waals surface area (Å²) in [6, 6.07) is 9.52. The molecule has 0 aliphatic carbocycles. The number of rotatable bonds is 9. The molecular formula is C23H27F2NO5S. The number of alkyl carbamates (subject to hydrolysis) is 1. The maximum absolute atomic E-state index is 13.3. The van der Waals surface area contributed by atoms with Crippen LogP contribution in [0, 0.1) is 11.6 Å². The molecule has 0 aliphatic rings. The Morgan fingerprint density at radius 1 is 1.03 bits per heavy atom. The quantitative estimate of drug-likeness (QED) is 0.381.